The van der Waals surface area contributed by atoms with E-state index >= 15 is 0 Å². The first-order valence-electron chi connectivity index (χ1n) is 11.8. The topological polar surface area (TPSA) is 49.3 Å². The first-order chi connectivity index (χ1) is 13.2. The van der Waals surface area contributed by atoms with E-state index in [9.17, 15) is 9.90 Å². The Hall–Kier alpha value is -0.830. The van der Waals surface area contributed by atoms with Gasteiger partial charge in [-0.05, 0) is 38.5 Å². The summed E-state index contributed by atoms with van der Waals surface area (Å²) < 4.78 is 0. The highest BCUT2D eigenvalue weighted by Crippen LogP contribution is 2.10. The summed E-state index contributed by atoms with van der Waals surface area (Å²) in [5, 5.41) is 12.2. The predicted molar refractivity (Wildman–Crippen MR) is 118 cm³/mol. The van der Waals surface area contributed by atoms with E-state index in [1.54, 1.807) is 0 Å². The van der Waals surface area contributed by atoms with E-state index in [1.165, 1.54) is 70.6 Å². The Bertz CT molecular complexity index is 341. The standard InChI is InChI=1S/C24H47NO2/c1-3-5-7-8-9-10-11-12-13-14-15-16-17-18-19-21-24(27)25-23(22-26)20-6-4-2/h12-13,23,26H,3-11,14-22H2,1-2H3,(H,25,27)/b13-12-. The number of carbonyl (C=O) groups is 1. The smallest absolute Gasteiger partial charge is 0.220 e. The fourth-order valence-electron chi connectivity index (χ4n) is 3.32. The molecule has 0 aliphatic carbocycles. The zero-order valence-electron chi connectivity index (χ0n) is 18.3. The maximum Gasteiger partial charge on any atom is 0.220 e. The average molecular weight is 382 g/mol. The van der Waals surface area contributed by atoms with Crippen LogP contribution in [-0.2, 0) is 4.79 Å². The van der Waals surface area contributed by atoms with Crippen molar-refractivity contribution in [1.29, 1.82) is 0 Å². The Kier molecular flexibility index (Phi) is 20.8. The van der Waals surface area contributed by atoms with Gasteiger partial charge in [-0.15, -0.1) is 0 Å². The number of carbonyl (C=O) groups excluding carboxylic acids is 1. The molecule has 2 N–H and O–H groups in total. The highest BCUT2D eigenvalue weighted by Gasteiger charge is 2.10. The van der Waals surface area contributed by atoms with Gasteiger partial charge in [0.2, 0.25) is 5.91 Å². The average Bonchev–Trinajstić information content (AvgIpc) is 2.68. The molecule has 3 nitrogen and oxygen atoms in total. The molecule has 0 radical (unpaired) electrons. The summed E-state index contributed by atoms with van der Waals surface area (Å²) in [6, 6.07) is -0.0550. The molecule has 0 aromatic carbocycles. The molecular weight excluding hydrogens is 334 g/mol. The Balaban J connectivity index is 3.36. The zero-order valence-corrected chi connectivity index (χ0v) is 18.3. The van der Waals surface area contributed by atoms with Gasteiger partial charge >= 0.3 is 0 Å². The molecule has 0 spiro atoms. The van der Waals surface area contributed by atoms with E-state index in [2.05, 4.69) is 31.3 Å². The van der Waals surface area contributed by atoms with Crippen molar-refractivity contribution >= 4 is 5.91 Å². The fraction of sp³-hybridized carbons (Fsp3) is 0.875. The minimum Gasteiger partial charge on any atom is -0.394 e. The molecule has 1 amide bonds. The Morgan fingerprint density at radius 1 is 0.778 bits per heavy atom. The lowest BCUT2D eigenvalue weighted by molar-refractivity contribution is -0.122. The molecule has 0 saturated carbocycles. The summed E-state index contributed by atoms with van der Waals surface area (Å²) in [6.07, 6.45) is 24.9. The van der Waals surface area contributed by atoms with Crippen LogP contribution in [0.3, 0.4) is 0 Å². The van der Waals surface area contributed by atoms with Crippen molar-refractivity contribution in [2.24, 2.45) is 0 Å². The molecule has 0 heterocycles. The maximum absolute atomic E-state index is 11.9. The van der Waals surface area contributed by atoms with Crippen molar-refractivity contribution in [2.75, 3.05) is 6.61 Å². The van der Waals surface area contributed by atoms with Crippen LogP contribution in [0.4, 0.5) is 0 Å². The maximum atomic E-state index is 11.9. The number of hydrogen-bond acceptors (Lipinski definition) is 2. The van der Waals surface area contributed by atoms with Crippen molar-refractivity contribution in [2.45, 2.75) is 129 Å². The SMILES string of the molecule is CCCCCCCC/C=C\CCCCCCCC(=O)NC(CO)CCCC. The summed E-state index contributed by atoms with van der Waals surface area (Å²) in [6.45, 7) is 4.45. The van der Waals surface area contributed by atoms with Gasteiger partial charge in [0, 0.05) is 6.42 Å². The number of hydrogen-bond donors (Lipinski definition) is 2. The van der Waals surface area contributed by atoms with Crippen molar-refractivity contribution < 1.29 is 9.90 Å². The first-order valence-corrected chi connectivity index (χ1v) is 11.8. The molecule has 0 bridgehead atoms. The first kappa shape index (κ1) is 26.2. The van der Waals surface area contributed by atoms with Crippen LogP contribution in [0.5, 0.6) is 0 Å². The second-order valence-electron chi connectivity index (χ2n) is 7.92. The second kappa shape index (κ2) is 21.5. The lowest BCUT2D eigenvalue weighted by Crippen LogP contribution is -2.37. The van der Waals surface area contributed by atoms with Crippen molar-refractivity contribution in [3.63, 3.8) is 0 Å². The fourth-order valence-corrected chi connectivity index (χ4v) is 3.32. The zero-order chi connectivity index (χ0) is 20.0. The molecule has 0 aromatic heterocycles. The van der Waals surface area contributed by atoms with Gasteiger partial charge in [-0.3, -0.25) is 4.79 Å². The van der Waals surface area contributed by atoms with E-state index in [1.807, 2.05) is 0 Å². The minimum atomic E-state index is -0.0550. The lowest BCUT2D eigenvalue weighted by Gasteiger charge is -2.15. The molecule has 0 saturated heterocycles. The summed E-state index contributed by atoms with van der Waals surface area (Å²) >= 11 is 0. The molecule has 3 heteroatoms. The molecule has 0 rings (SSSR count). The third-order valence-electron chi connectivity index (χ3n) is 5.16. The van der Waals surface area contributed by atoms with Crippen LogP contribution < -0.4 is 5.32 Å². The van der Waals surface area contributed by atoms with E-state index in [-0.39, 0.29) is 18.6 Å². The molecule has 0 fully saturated rings. The van der Waals surface area contributed by atoms with Gasteiger partial charge in [0.15, 0.2) is 0 Å². The van der Waals surface area contributed by atoms with Gasteiger partial charge in [-0.25, -0.2) is 0 Å². The Morgan fingerprint density at radius 3 is 1.85 bits per heavy atom. The minimum absolute atomic E-state index is 0.0537. The number of nitrogens with one attached hydrogen (secondary N) is 1. The van der Waals surface area contributed by atoms with Crippen molar-refractivity contribution in [3.05, 3.63) is 12.2 Å². The molecule has 0 aromatic rings. The van der Waals surface area contributed by atoms with E-state index in [0.717, 1.165) is 32.1 Å². The Labute approximate surface area is 169 Å². The monoisotopic (exact) mass is 381 g/mol. The van der Waals surface area contributed by atoms with E-state index in [4.69, 9.17) is 0 Å². The van der Waals surface area contributed by atoms with Gasteiger partial charge < -0.3 is 10.4 Å². The van der Waals surface area contributed by atoms with Crippen LogP contribution >= 0.6 is 0 Å². The number of unbranched alkanes of at least 4 members (excludes halogenated alkanes) is 12. The van der Waals surface area contributed by atoms with Crippen LogP contribution in [0.25, 0.3) is 0 Å². The molecule has 0 aliphatic heterocycles. The number of amides is 1. The van der Waals surface area contributed by atoms with E-state index in [0.29, 0.717) is 6.42 Å². The van der Waals surface area contributed by atoms with Gasteiger partial charge in [0.25, 0.3) is 0 Å². The van der Waals surface area contributed by atoms with Crippen LogP contribution in [0.2, 0.25) is 0 Å². The normalized spacial score (nSPS) is 12.6. The molecular formula is C24H47NO2. The number of aliphatic hydroxyl groups is 1. The largest absolute Gasteiger partial charge is 0.394 e. The van der Waals surface area contributed by atoms with Gasteiger partial charge in [-0.1, -0.05) is 90.2 Å². The van der Waals surface area contributed by atoms with Gasteiger partial charge in [-0.2, -0.15) is 0 Å². The number of rotatable bonds is 20. The number of allylic oxidation sites excluding steroid dienone is 2. The highest BCUT2D eigenvalue weighted by atomic mass is 16.3. The number of aliphatic hydroxyl groups excluding tert-OH is 1. The second-order valence-corrected chi connectivity index (χ2v) is 7.92. The highest BCUT2D eigenvalue weighted by molar-refractivity contribution is 5.76. The molecule has 0 aliphatic rings. The quantitative estimate of drug-likeness (QED) is 0.182. The van der Waals surface area contributed by atoms with E-state index < -0.39 is 0 Å². The molecule has 1 atom stereocenters. The third kappa shape index (κ3) is 19.7. The summed E-state index contributed by atoms with van der Waals surface area (Å²) in [7, 11) is 0. The summed E-state index contributed by atoms with van der Waals surface area (Å²) in [4.78, 5) is 11.9. The van der Waals surface area contributed by atoms with Gasteiger partial charge in [0.1, 0.15) is 0 Å². The van der Waals surface area contributed by atoms with Crippen LogP contribution in [0.15, 0.2) is 12.2 Å². The molecule has 1 unspecified atom stereocenters. The third-order valence-corrected chi connectivity index (χ3v) is 5.16. The summed E-state index contributed by atoms with van der Waals surface area (Å²) in [5.74, 6) is 0.0998. The molecule has 27 heavy (non-hydrogen) atoms. The van der Waals surface area contributed by atoms with Crippen LogP contribution in [-0.4, -0.2) is 23.7 Å². The van der Waals surface area contributed by atoms with Crippen LogP contribution in [0, 0.1) is 0 Å². The van der Waals surface area contributed by atoms with Crippen molar-refractivity contribution in [1.82, 2.24) is 5.32 Å². The molecule has 160 valence electrons. The summed E-state index contributed by atoms with van der Waals surface area (Å²) in [5.41, 5.74) is 0. The predicted octanol–water partition coefficient (Wildman–Crippen LogP) is 6.69. The van der Waals surface area contributed by atoms with Crippen molar-refractivity contribution in [3.8, 4) is 0 Å². The van der Waals surface area contributed by atoms with Gasteiger partial charge in [0.05, 0.1) is 12.6 Å². The lowest BCUT2D eigenvalue weighted by atomic mass is 10.1. The Morgan fingerprint density at radius 2 is 1.30 bits per heavy atom. The van der Waals surface area contributed by atoms with Crippen LogP contribution in [0.1, 0.15) is 123 Å².